The lowest BCUT2D eigenvalue weighted by atomic mass is 10.1. The fourth-order valence-corrected chi connectivity index (χ4v) is 4.31. The van der Waals surface area contributed by atoms with Crippen LogP contribution in [-0.2, 0) is 14.4 Å². The maximum Gasteiger partial charge on any atom is 0.341 e. The molecule has 0 unspecified atom stereocenters. The monoisotopic (exact) mass is 550 g/mol. The topological polar surface area (TPSA) is 113 Å². The number of anilines is 1. The van der Waals surface area contributed by atoms with Crippen LogP contribution in [-0.4, -0.2) is 35.5 Å². The largest absolute Gasteiger partial charge is 0.480 e. The Bertz CT molecular complexity index is 1140. The Morgan fingerprint density at radius 1 is 1.10 bits per heavy atom. The average Bonchev–Trinajstić information content (AvgIpc) is 2.67. The van der Waals surface area contributed by atoms with Crippen molar-refractivity contribution in [2.45, 2.75) is 13.8 Å². The molecule has 2 N–H and O–H groups in total. The van der Waals surface area contributed by atoms with Crippen LogP contribution in [0.15, 0.2) is 44.9 Å². The highest BCUT2D eigenvalue weighted by molar-refractivity contribution is 9.11. The Kier molecular flexibility index (Phi) is 6.61. The quantitative estimate of drug-likeness (QED) is 0.429. The number of nitrogens with zero attached hydrogens (tertiary/aromatic N) is 1. The number of aliphatic carboxylic acids is 1. The van der Waals surface area contributed by atoms with Gasteiger partial charge in [0.05, 0.1) is 14.6 Å². The van der Waals surface area contributed by atoms with Gasteiger partial charge in [-0.05, 0) is 92.7 Å². The smallest absolute Gasteiger partial charge is 0.341 e. The van der Waals surface area contributed by atoms with Gasteiger partial charge in [-0.2, -0.15) is 0 Å². The van der Waals surface area contributed by atoms with Gasteiger partial charge in [-0.3, -0.25) is 14.9 Å². The molecule has 1 aliphatic heterocycles. The molecule has 1 heterocycles. The molecular formula is C21H16Br2N2O6. The molecule has 2 aromatic rings. The van der Waals surface area contributed by atoms with Gasteiger partial charge in [0.15, 0.2) is 6.61 Å². The van der Waals surface area contributed by atoms with E-state index in [1.807, 2.05) is 13.8 Å². The second-order valence-corrected chi connectivity index (χ2v) is 8.43. The molecule has 0 radical (unpaired) electrons. The molecule has 0 aromatic heterocycles. The molecule has 0 bridgehead atoms. The molecule has 3 rings (SSSR count). The number of carbonyl (C=O) groups is 4. The van der Waals surface area contributed by atoms with E-state index in [9.17, 15) is 19.2 Å². The molecule has 1 fully saturated rings. The zero-order valence-electron chi connectivity index (χ0n) is 16.4. The number of ether oxygens (including phenoxy) is 1. The number of aryl methyl sites for hydroxylation is 2. The Morgan fingerprint density at radius 3 is 2.32 bits per heavy atom. The van der Waals surface area contributed by atoms with Gasteiger partial charge in [0, 0.05) is 0 Å². The first kappa shape index (κ1) is 22.7. The van der Waals surface area contributed by atoms with Crippen molar-refractivity contribution >= 4 is 67.4 Å². The van der Waals surface area contributed by atoms with E-state index < -0.39 is 30.4 Å². The molecule has 1 aliphatic rings. The third-order valence-corrected chi connectivity index (χ3v) is 5.70. The Labute approximate surface area is 194 Å². The minimum absolute atomic E-state index is 0.226. The van der Waals surface area contributed by atoms with E-state index in [1.54, 1.807) is 30.3 Å². The second-order valence-electron chi connectivity index (χ2n) is 6.72. The molecule has 0 spiro atoms. The number of imide groups is 2. The van der Waals surface area contributed by atoms with Crippen LogP contribution in [0.5, 0.6) is 5.75 Å². The van der Waals surface area contributed by atoms with Gasteiger partial charge in [0.25, 0.3) is 11.8 Å². The fourth-order valence-electron chi connectivity index (χ4n) is 2.86. The SMILES string of the molecule is Cc1ccc(N2C(=O)NC(=O)/C(=C\c3cc(Br)c(OCC(=O)O)c(Br)c3)C2=O)cc1C. The molecule has 0 atom stereocenters. The molecule has 0 saturated carbocycles. The zero-order valence-corrected chi connectivity index (χ0v) is 19.5. The zero-order chi connectivity index (χ0) is 22.9. The molecular weight excluding hydrogens is 536 g/mol. The first-order valence-electron chi connectivity index (χ1n) is 8.91. The summed E-state index contributed by atoms with van der Waals surface area (Å²) in [4.78, 5) is 49.4. The third kappa shape index (κ3) is 4.86. The van der Waals surface area contributed by atoms with E-state index in [4.69, 9.17) is 9.84 Å². The van der Waals surface area contributed by atoms with E-state index in [0.29, 0.717) is 20.2 Å². The minimum atomic E-state index is -1.13. The van der Waals surface area contributed by atoms with Crippen molar-refractivity contribution in [2.75, 3.05) is 11.5 Å². The number of amides is 4. The van der Waals surface area contributed by atoms with Gasteiger partial charge in [-0.1, -0.05) is 6.07 Å². The molecule has 31 heavy (non-hydrogen) atoms. The standard InChI is InChI=1S/C21H16Br2N2O6/c1-10-3-4-13(5-11(10)2)25-20(29)14(19(28)24-21(25)30)6-12-7-15(22)18(16(23)8-12)31-9-17(26)27/h3-8H,9H2,1-2H3,(H,26,27)(H,24,28,30)/b14-6+. The number of hydrogen-bond acceptors (Lipinski definition) is 5. The van der Waals surface area contributed by atoms with Crippen LogP contribution in [0, 0.1) is 13.8 Å². The normalized spacial score (nSPS) is 15.3. The number of hydrogen-bond donors (Lipinski definition) is 2. The number of carbonyl (C=O) groups excluding carboxylic acids is 3. The number of rotatable bonds is 5. The summed E-state index contributed by atoms with van der Waals surface area (Å²) >= 11 is 6.58. The highest BCUT2D eigenvalue weighted by atomic mass is 79.9. The molecule has 0 aliphatic carbocycles. The van der Waals surface area contributed by atoms with Crippen LogP contribution in [0.1, 0.15) is 16.7 Å². The van der Waals surface area contributed by atoms with E-state index in [2.05, 4.69) is 37.2 Å². The van der Waals surface area contributed by atoms with E-state index >= 15 is 0 Å². The van der Waals surface area contributed by atoms with Gasteiger partial charge < -0.3 is 9.84 Å². The number of benzene rings is 2. The van der Waals surface area contributed by atoms with Gasteiger partial charge >= 0.3 is 12.0 Å². The van der Waals surface area contributed by atoms with Gasteiger partial charge in [-0.25, -0.2) is 14.5 Å². The summed E-state index contributed by atoms with van der Waals surface area (Å²) in [6.45, 7) is 3.23. The van der Waals surface area contributed by atoms with Gasteiger partial charge in [0.1, 0.15) is 11.3 Å². The Morgan fingerprint density at radius 2 is 1.74 bits per heavy atom. The maximum atomic E-state index is 13.0. The lowest BCUT2D eigenvalue weighted by Crippen LogP contribution is -2.54. The van der Waals surface area contributed by atoms with Crippen molar-refractivity contribution in [3.05, 3.63) is 61.5 Å². The van der Waals surface area contributed by atoms with Crippen LogP contribution in [0.25, 0.3) is 6.08 Å². The summed E-state index contributed by atoms with van der Waals surface area (Å²) in [6, 6.07) is 7.42. The van der Waals surface area contributed by atoms with Crippen molar-refractivity contribution in [3.8, 4) is 5.75 Å². The molecule has 8 nitrogen and oxygen atoms in total. The first-order chi connectivity index (χ1) is 14.6. The van der Waals surface area contributed by atoms with Gasteiger partial charge in [0.2, 0.25) is 0 Å². The summed E-state index contributed by atoms with van der Waals surface area (Å²) in [5.74, 6) is -2.44. The number of nitrogens with one attached hydrogen (secondary N) is 1. The van der Waals surface area contributed by atoms with Crippen LogP contribution in [0.3, 0.4) is 0 Å². The minimum Gasteiger partial charge on any atom is -0.480 e. The van der Waals surface area contributed by atoms with E-state index in [1.165, 1.54) is 6.08 Å². The third-order valence-electron chi connectivity index (χ3n) is 4.52. The van der Waals surface area contributed by atoms with Crippen LogP contribution < -0.4 is 15.0 Å². The Hall–Kier alpha value is -2.98. The lowest BCUT2D eigenvalue weighted by molar-refractivity contribution is -0.139. The van der Waals surface area contributed by atoms with Crippen molar-refractivity contribution in [1.29, 1.82) is 0 Å². The second kappa shape index (κ2) is 9.03. The predicted octanol–water partition coefficient (Wildman–Crippen LogP) is 3.96. The predicted molar refractivity (Wildman–Crippen MR) is 120 cm³/mol. The summed E-state index contributed by atoms with van der Waals surface area (Å²) < 4.78 is 6.05. The van der Waals surface area contributed by atoms with Crippen molar-refractivity contribution in [3.63, 3.8) is 0 Å². The highest BCUT2D eigenvalue weighted by Crippen LogP contribution is 2.35. The number of halogens is 2. The van der Waals surface area contributed by atoms with Crippen LogP contribution in [0.2, 0.25) is 0 Å². The van der Waals surface area contributed by atoms with E-state index in [-0.39, 0.29) is 11.3 Å². The average molecular weight is 552 g/mol. The molecule has 4 amide bonds. The summed E-state index contributed by atoms with van der Waals surface area (Å²) in [5.41, 5.74) is 2.47. The molecule has 2 aromatic carbocycles. The molecule has 10 heteroatoms. The molecule has 1 saturated heterocycles. The number of carboxylic acid groups (broad SMARTS) is 1. The van der Waals surface area contributed by atoms with Crippen LogP contribution >= 0.6 is 31.9 Å². The number of barbiturate groups is 1. The van der Waals surface area contributed by atoms with Crippen molar-refractivity contribution in [1.82, 2.24) is 5.32 Å². The van der Waals surface area contributed by atoms with E-state index in [0.717, 1.165) is 16.0 Å². The first-order valence-corrected chi connectivity index (χ1v) is 10.5. The Balaban J connectivity index is 1.98. The van der Waals surface area contributed by atoms with Crippen molar-refractivity contribution < 1.29 is 29.0 Å². The molecule has 160 valence electrons. The maximum absolute atomic E-state index is 13.0. The van der Waals surface area contributed by atoms with Crippen molar-refractivity contribution in [2.24, 2.45) is 0 Å². The summed E-state index contributed by atoms with van der Waals surface area (Å²) in [5, 5.41) is 11.0. The summed E-state index contributed by atoms with van der Waals surface area (Å²) in [7, 11) is 0. The van der Waals surface area contributed by atoms with Crippen LogP contribution in [0.4, 0.5) is 10.5 Å². The fraction of sp³-hybridized carbons (Fsp3) is 0.143. The van der Waals surface area contributed by atoms with Gasteiger partial charge in [-0.15, -0.1) is 0 Å². The summed E-state index contributed by atoms with van der Waals surface area (Å²) in [6.07, 6.45) is 1.34. The number of urea groups is 1. The highest BCUT2D eigenvalue weighted by Gasteiger charge is 2.37. The lowest BCUT2D eigenvalue weighted by Gasteiger charge is -2.27. The number of carboxylic acids is 1.